The van der Waals surface area contributed by atoms with Crippen LogP contribution in [-0.4, -0.2) is 57.4 Å². The number of carbonyl (C=O) groups is 1. The molecule has 1 aliphatic heterocycles. The standard InChI is InChI=1S/C15H22N6O3/c1-9(2)14-17-15(19-18-14)11-7-21(4-5-23-11)8-13(22)16-12-6-10(3)24-20-12/h6,9,11H,4-5,7-8H2,1-3H3,(H,16,20,22)(H,17,18,19)/t11-/m1/s1. The first kappa shape index (κ1) is 16.6. The van der Waals surface area contributed by atoms with E-state index < -0.39 is 0 Å². The smallest absolute Gasteiger partial charge is 0.239 e. The Kier molecular flexibility index (Phi) is 4.91. The topological polar surface area (TPSA) is 109 Å². The van der Waals surface area contributed by atoms with Crippen LogP contribution in [0.2, 0.25) is 0 Å². The third kappa shape index (κ3) is 3.98. The van der Waals surface area contributed by atoms with E-state index in [1.165, 1.54) is 0 Å². The number of nitrogens with one attached hydrogen (secondary N) is 2. The summed E-state index contributed by atoms with van der Waals surface area (Å²) in [4.78, 5) is 18.6. The molecule has 130 valence electrons. The van der Waals surface area contributed by atoms with E-state index in [0.29, 0.717) is 37.1 Å². The van der Waals surface area contributed by atoms with Gasteiger partial charge in [0.1, 0.15) is 11.9 Å². The van der Waals surface area contributed by atoms with Gasteiger partial charge in [-0.15, -0.1) is 0 Å². The van der Waals surface area contributed by atoms with E-state index in [9.17, 15) is 4.79 Å². The summed E-state index contributed by atoms with van der Waals surface area (Å²) in [5.74, 6) is 2.68. The summed E-state index contributed by atoms with van der Waals surface area (Å²) in [6.07, 6.45) is -0.208. The van der Waals surface area contributed by atoms with Gasteiger partial charge in [0.25, 0.3) is 0 Å². The number of H-pyrrole nitrogens is 1. The molecule has 0 saturated carbocycles. The molecule has 0 unspecified atom stereocenters. The predicted octanol–water partition coefficient (Wildman–Crippen LogP) is 1.24. The molecule has 1 amide bonds. The van der Waals surface area contributed by atoms with E-state index in [1.54, 1.807) is 13.0 Å². The fourth-order valence-electron chi connectivity index (χ4n) is 2.51. The lowest BCUT2D eigenvalue weighted by molar-refractivity contribution is -0.119. The van der Waals surface area contributed by atoms with Crippen molar-refractivity contribution in [2.45, 2.75) is 32.8 Å². The Labute approximate surface area is 139 Å². The molecule has 1 saturated heterocycles. The van der Waals surface area contributed by atoms with Gasteiger partial charge in [0.05, 0.1) is 13.2 Å². The van der Waals surface area contributed by atoms with Crippen LogP contribution in [0.1, 0.15) is 43.3 Å². The van der Waals surface area contributed by atoms with Crippen LogP contribution >= 0.6 is 0 Å². The molecule has 1 aliphatic rings. The average molecular weight is 334 g/mol. The number of ether oxygens (including phenoxy) is 1. The molecule has 9 heteroatoms. The van der Waals surface area contributed by atoms with Gasteiger partial charge in [-0.05, 0) is 6.92 Å². The Morgan fingerprint density at radius 2 is 2.38 bits per heavy atom. The van der Waals surface area contributed by atoms with Crippen molar-refractivity contribution in [3.05, 3.63) is 23.5 Å². The van der Waals surface area contributed by atoms with Crippen LogP contribution in [0.15, 0.2) is 10.6 Å². The van der Waals surface area contributed by atoms with E-state index in [0.717, 1.165) is 5.82 Å². The first-order chi connectivity index (χ1) is 11.5. The normalized spacial score (nSPS) is 18.9. The molecule has 2 aromatic rings. The number of nitrogens with zero attached hydrogens (tertiary/aromatic N) is 4. The van der Waals surface area contributed by atoms with Gasteiger partial charge in [-0.3, -0.25) is 14.8 Å². The monoisotopic (exact) mass is 334 g/mol. The summed E-state index contributed by atoms with van der Waals surface area (Å²) >= 11 is 0. The lowest BCUT2D eigenvalue weighted by atomic mass is 10.2. The van der Waals surface area contributed by atoms with Gasteiger partial charge in [-0.25, -0.2) is 4.98 Å². The number of morpholine rings is 1. The Balaban J connectivity index is 1.55. The molecule has 9 nitrogen and oxygen atoms in total. The van der Waals surface area contributed by atoms with Crippen molar-refractivity contribution in [3.63, 3.8) is 0 Å². The van der Waals surface area contributed by atoms with Crippen molar-refractivity contribution in [1.82, 2.24) is 25.2 Å². The van der Waals surface area contributed by atoms with Gasteiger partial charge in [0, 0.05) is 25.1 Å². The second-order valence-corrected chi connectivity index (χ2v) is 6.20. The highest BCUT2D eigenvalue weighted by Crippen LogP contribution is 2.20. The molecule has 0 aromatic carbocycles. The van der Waals surface area contributed by atoms with E-state index in [1.807, 2.05) is 18.7 Å². The van der Waals surface area contributed by atoms with Gasteiger partial charge in [0.15, 0.2) is 17.5 Å². The molecule has 1 atom stereocenters. The molecule has 0 bridgehead atoms. The second-order valence-electron chi connectivity index (χ2n) is 6.20. The molecule has 24 heavy (non-hydrogen) atoms. The van der Waals surface area contributed by atoms with E-state index in [2.05, 4.69) is 25.7 Å². The summed E-state index contributed by atoms with van der Waals surface area (Å²) in [6, 6.07) is 1.68. The number of hydrogen-bond acceptors (Lipinski definition) is 7. The Hall–Kier alpha value is -2.26. The SMILES string of the molecule is Cc1cc(NC(=O)CN2CCO[C@@H](c3nc(C(C)C)n[nH]3)C2)no1. The van der Waals surface area contributed by atoms with Crippen molar-refractivity contribution in [2.75, 3.05) is 31.6 Å². The highest BCUT2D eigenvalue weighted by molar-refractivity contribution is 5.91. The molecule has 3 heterocycles. The number of amides is 1. The number of hydrogen-bond donors (Lipinski definition) is 2. The average Bonchev–Trinajstić information content (AvgIpc) is 3.17. The summed E-state index contributed by atoms with van der Waals surface area (Å²) in [6.45, 7) is 7.92. The second kappa shape index (κ2) is 7.10. The Bertz CT molecular complexity index is 695. The van der Waals surface area contributed by atoms with E-state index in [4.69, 9.17) is 9.26 Å². The van der Waals surface area contributed by atoms with Gasteiger partial charge < -0.3 is 14.6 Å². The predicted molar refractivity (Wildman–Crippen MR) is 85.5 cm³/mol. The van der Waals surface area contributed by atoms with Crippen LogP contribution in [0, 0.1) is 6.92 Å². The minimum absolute atomic E-state index is 0.135. The molecular weight excluding hydrogens is 312 g/mol. The molecule has 0 radical (unpaired) electrons. The van der Waals surface area contributed by atoms with Crippen LogP contribution in [-0.2, 0) is 9.53 Å². The maximum atomic E-state index is 12.1. The maximum absolute atomic E-state index is 12.1. The van der Waals surface area contributed by atoms with Gasteiger partial charge in [0.2, 0.25) is 5.91 Å². The van der Waals surface area contributed by atoms with Crippen molar-refractivity contribution in [2.24, 2.45) is 0 Å². The molecule has 3 rings (SSSR count). The lowest BCUT2D eigenvalue weighted by Crippen LogP contribution is -2.42. The van der Waals surface area contributed by atoms with Crippen LogP contribution in [0.4, 0.5) is 5.82 Å². The first-order valence-electron chi connectivity index (χ1n) is 8.00. The van der Waals surface area contributed by atoms with Crippen molar-refractivity contribution < 1.29 is 14.1 Å². The maximum Gasteiger partial charge on any atom is 0.239 e. The first-order valence-corrected chi connectivity index (χ1v) is 8.00. The minimum atomic E-state index is -0.208. The zero-order chi connectivity index (χ0) is 17.1. The minimum Gasteiger partial charge on any atom is -0.368 e. The summed E-state index contributed by atoms with van der Waals surface area (Å²) in [7, 11) is 0. The molecule has 2 N–H and O–H groups in total. The highest BCUT2D eigenvalue weighted by atomic mass is 16.5. The van der Waals surface area contributed by atoms with Crippen LogP contribution < -0.4 is 5.32 Å². The molecule has 2 aromatic heterocycles. The zero-order valence-corrected chi connectivity index (χ0v) is 14.1. The third-order valence-electron chi connectivity index (χ3n) is 3.75. The largest absolute Gasteiger partial charge is 0.368 e. The van der Waals surface area contributed by atoms with Crippen molar-refractivity contribution in [3.8, 4) is 0 Å². The van der Waals surface area contributed by atoms with Gasteiger partial charge in [-0.2, -0.15) is 5.10 Å². The van der Waals surface area contributed by atoms with Gasteiger partial charge >= 0.3 is 0 Å². The molecule has 0 aliphatic carbocycles. The number of aromatic nitrogens is 4. The summed E-state index contributed by atoms with van der Waals surface area (Å²) in [5.41, 5.74) is 0. The summed E-state index contributed by atoms with van der Waals surface area (Å²) < 4.78 is 10.7. The summed E-state index contributed by atoms with van der Waals surface area (Å²) in [5, 5.41) is 13.6. The van der Waals surface area contributed by atoms with E-state index >= 15 is 0 Å². The molecule has 1 fully saturated rings. The van der Waals surface area contributed by atoms with Crippen molar-refractivity contribution in [1.29, 1.82) is 0 Å². The molecular formula is C15H22N6O3. The number of aryl methyl sites for hydroxylation is 1. The van der Waals surface area contributed by atoms with Crippen LogP contribution in [0.5, 0.6) is 0 Å². The third-order valence-corrected chi connectivity index (χ3v) is 3.75. The Morgan fingerprint density at radius 1 is 1.54 bits per heavy atom. The number of carbonyl (C=O) groups excluding carboxylic acids is 1. The fraction of sp³-hybridized carbons (Fsp3) is 0.600. The number of anilines is 1. The van der Waals surface area contributed by atoms with Gasteiger partial charge in [-0.1, -0.05) is 19.0 Å². The highest BCUT2D eigenvalue weighted by Gasteiger charge is 2.26. The van der Waals surface area contributed by atoms with E-state index in [-0.39, 0.29) is 24.5 Å². The number of aromatic amines is 1. The number of rotatable bonds is 5. The molecule has 0 spiro atoms. The fourth-order valence-corrected chi connectivity index (χ4v) is 2.51. The lowest BCUT2D eigenvalue weighted by Gasteiger charge is -2.31. The Morgan fingerprint density at radius 3 is 3.04 bits per heavy atom. The zero-order valence-electron chi connectivity index (χ0n) is 14.1. The van der Waals surface area contributed by atoms with Crippen LogP contribution in [0.3, 0.4) is 0 Å². The van der Waals surface area contributed by atoms with Crippen molar-refractivity contribution >= 4 is 11.7 Å². The quantitative estimate of drug-likeness (QED) is 0.846. The van der Waals surface area contributed by atoms with Crippen LogP contribution in [0.25, 0.3) is 0 Å².